The maximum absolute atomic E-state index is 12.7. The summed E-state index contributed by atoms with van der Waals surface area (Å²) in [7, 11) is 0. The first-order valence-corrected chi connectivity index (χ1v) is 6.86. The third-order valence-corrected chi connectivity index (χ3v) is 3.86. The fourth-order valence-corrected chi connectivity index (χ4v) is 3.15. The molecule has 2 aromatic rings. The van der Waals surface area contributed by atoms with E-state index in [2.05, 4.69) is 24.0 Å². The number of likely N-dealkylation sites (tertiary alicyclic amines) is 1. The van der Waals surface area contributed by atoms with Gasteiger partial charge in [-0.2, -0.15) is 5.10 Å². The van der Waals surface area contributed by atoms with Crippen LogP contribution in [0.3, 0.4) is 0 Å². The topological polar surface area (TPSA) is 49.0 Å². The monoisotopic (exact) mass is 257 g/mol. The molecule has 19 heavy (non-hydrogen) atoms. The van der Waals surface area contributed by atoms with Crippen LogP contribution >= 0.6 is 0 Å². The molecule has 4 heteroatoms. The lowest BCUT2D eigenvalue weighted by Crippen LogP contribution is -2.42. The van der Waals surface area contributed by atoms with E-state index in [1.54, 1.807) is 6.20 Å². The van der Waals surface area contributed by atoms with Crippen LogP contribution in [-0.2, 0) is 0 Å². The Bertz CT molecular complexity index is 594. The van der Waals surface area contributed by atoms with Crippen LogP contribution in [0.1, 0.15) is 30.6 Å². The zero-order chi connectivity index (χ0) is 13.4. The van der Waals surface area contributed by atoms with Crippen molar-refractivity contribution in [1.82, 2.24) is 15.1 Å². The summed E-state index contributed by atoms with van der Waals surface area (Å²) in [5.41, 5.74) is 1.58. The fraction of sp³-hybridized carbons (Fsp3) is 0.467. The average molecular weight is 257 g/mol. The molecule has 2 unspecified atom stereocenters. The van der Waals surface area contributed by atoms with Crippen LogP contribution in [0.25, 0.3) is 10.9 Å². The molecule has 2 atom stereocenters. The second-order valence-electron chi connectivity index (χ2n) is 5.80. The number of piperidine rings is 1. The van der Waals surface area contributed by atoms with Gasteiger partial charge in [0, 0.05) is 18.5 Å². The lowest BCUT2D eigenvalue weighted by atomic mass is 9.91. The van der Waals surface area contributed by atoms with E-state index in [-0.39, 0.29) is 5.91 Å². The first kappa shape index (κ1) is 12.2. The summed E-state index contributed by atoms with van der Waals surface area (Å²) in [6.45, 7) is 6.14. The van der Waals surface area contributed by atoms with E-state index in [1.807, 2.05) is 23.1 Å². The normalized spacial score (nSPS) is 23.8. The van der Waals surface area contributed by atoms with Crippen molar-refractivity contribution in [2.45, 2.75) is 20.3 Å². The Labute approximate surface area is 112 Å². The van der Waals surface area contributed by atoms with E-state index in [0.29, 0.717) is 11.8 Å². The van der Waals surface area contributed by atoms with Crippen molar-refractivity contribution in [2.75, 3.05) is 13.1 Å². The molecule has 2 heterocycles. The molecule has 1 aliphatic heterocycles. The van der Waals surface area contributed by atoms with Crippen LogP contribution in [-0.4, -0.2) is 34.1 Å². The quantitative estimate of drug-likeness (QED) is 0.854. The molecule has 0 bridgehead atoms. The van der Waals surface area contributed by atoms with Gasteiger partial charge in [0.15, 0.2) is 0 Å². The molecule has 1 N–H and O–H groups in total. The number of nitrogens with zero attached hydrogens (tertiary/aromatic N) is 2. The highest BCUT2D eigenvalue weighted by atomic mass is 16.2. The first-order valence-electron chi connectivity index (χ1n) is 6.86. The zero-order valence-electron chi connectivity index (χ0n) is 11.4. The first-order chi connectivity index (χ1) is 9.15. The zero-order valence-corrected chi connectivity index (χ0v) is 11.4. The standard InChI is InChI=1S/C15H19N3O/c1-10-6-11(2)9-18(8-10)15(19)13-5-3-4-12-7-16-17-14(12)13/h3-5,7,10-11H,6,8-9H2,1-2H3,(H,16,17). The number of hydrogen-bond donors (Lipinski definition) is 1. The van der Waals surface area contributed by atoms with Crippen LogP contribution in [0.15, 0.2) is 24.4 Å². The number of carbonyl (C=O) groups excluding carboxylic acids is 1. The van der Waals surface area contributed by atoms with Crippen LogP contribution in [0.2, 0.25) is 0 Å². The number of aromatic amines is 1. The Morgan fingerprint density at radius 3 is 2.79 bits per heavy atom. The van der Waals surface area contributed by atoms with Crippen molar-refractivity contribution in [3.05, 3.63) is 30.0 Å². The molecular weight excluding hydrogens is 238 g/mol. The third-order valence-electron chi connectivity index (χ3n) is 3.86. The van der Waals surface area contributed by atoms with Crippen molar-refractivity contribution < 1.29 is 4.79 Å². The molecule has 1 aromatic carbocycles. The molecule has 0 saturated carbocycles. The van der Waals surface area contributed by atoms with E-state index < -0.39 is 0 Å². The summed E-state index contributed by atoms with van der Waals surface area (Å²) in [5.74, 6) is 1.27. The Morgan fingerprint density at radius 2 is 2.05 bits per heavy atom. The van der Waals surface area contributed by atoms with Crippen LogP contribution < -0.4 is 0 Å². The largest absolute Gasteiger partial charge is 0.338 e. The Morgan fingerprint density at radius 1 is 1.32 bits per heavy atom. The summed E-state index contributed by atoms with van der Waals surface area (Å²) in [5, 5.41) is 7.95. The molecular formula is C15H19N3O. The van der Waals surface area contributed by atoms with Gasteiger partial charge in [-0.25, -0.2) is 0 Å². The number of nitrogens with one attached hydrogen (secondary N) is 1. The molecule has 1 saturated heterocycles. The summed E-state index contributed by atoms with van der Waals surface area (Å²) in [6, 6.07) is 5.77. The van der Waals surface area contributed by atoms with Crippen molar-refractivity contribution in [2.24, 2.45) is 11.8 Å². The molecule has 0 radical (unpaired) electrons. The average Bonchev–Trinajstić information content (AvgIpc) is 2.84. The van der Waals surface area contributed by atoms with Crippen LogP contribution in [0, 0.1) is 11.8 Å². The minimum absolute atomic E-state index is 0.119. The molecule has 1 aliphatic rings. The second kappa shape index (κ2) is 4.68. The summed E-state index contributed by atoms with van der Waals surface area (Å²) >= 11 is 0. The van der Waals surface area contributed by atoms with Gasteiger partial charge in [-0.3, -0.25) is 9.89 Å². The van der Waals surface area contributed by atoms with Crippen LogP contribution in [0.5, 0.6) is 0 Å². The Hall–Kier alpha value is -1.84. The van der Waals surface area contributed by atoms with Gasteiger partial charge in [0.25, 0.3) is 5.91 Å². The number of benzene rings is 1. The van der Waals surface area contributed by atoms with Gasteiger partial charge in [-0.05, 0) is 24.3 Å². The predicted octanol–water partition coefficient (Wildman–Crippen LogP) is 2.68. The van der Waals surface area contributed by atoms with Gasteiger partial charge in [0.05, 0.1) is 17.3 Å². The molecule has 0 spiro atoms. The highest BCUT2D eigenvalue weighted by Crippen LogP contribution is 2.24. The minimum atomic E-state index is 0.119. The van der Waals surface area contributed by atoms with Crippen molar-refractivity contribution in [3.63, 3.8) is 0 Å². The molecule has 1 amide bonds. The van der Waals surface area contributed by atoms with E-state index in [0.717, 1.165) is 29.6 Å². The summed E-state index contributed by atoms with van der Waals surface area (Å²) in [6.07, 6.45) is 2.96. The molecule has 0 aliphatic carbocycles. The lowest BCUT2D eigenvalue weighted by Gasteiger charge is -2.35. The third kappa shape index (κ3) is 2.23. The molecule has 1 fully saturated rings. The number of rotatable bonds is 1. The number of fused-ring (bicyclic) bond motifs is 1. The number of para-hydroxylation sites is 1. The van der Waals surface area contributed by atoms with Gasteiger partial charge < -0.3 is 4.90 Å². The van der Waals surface area contributed by atoms with E-state index in [1.165, 1.54) is 6.42 Å². The number of H-pyrrole nitrogens is 1. The van der Waals surface area contributed by atoms with Crippen molar-refractivity contribution in [1.29, 1.82) is 0 Å². The molecule has 4 nitrogen and oxygen atoms in total. The molecule has 100 valence electrons. The maximum atomic E-state index is 12.7. The van der Waals surface area contributed by atoms with Crippen molar-refractivity contribution >= 4 is 16.8 Å². The van der Waals surface area contributed by atoms with Gasteiger partial charge >= 0.3 is 0 Å². The maximum Gasteiger partial charge on any atom is 0.256 e. The predicted molar refractivity (Wildman–Crippen MR) is 74.9 cm³/mol. The fourth-order valence-electron chi connectivity index (χ4n) is 3.15. The van der Waals surface area contributed by atoms with Gasteiger partial charge in [-0.15, -0.1) is 0 Å². The van der Waals surface area contributed by atoms with E-state index >= 15 is 0 Å². The number of amides is 1. The van der Waals surface area contributed by atoms with Gasteiger partial charge in [0.2, 0.25) is 0 Å². The van der Waals surface area contributed by atoms with Crippen molar-refractivity contribution in [3.8, 4) is 0 Å². The lowest BCUT2D eigenvalue weighted by molar-refractivity contribution is 0.0625. The molecule has 1 aromatic heterocycles. The number of aromatic nitrogens is 2. The summed E-state index contributed by atoms with van der Waals surface area (Å²) in [4.78, 5) is 14.7. The summed E-state index contributed by atoms with van der Waals surface area (Å²) < 4.78 is 0. The highest BCUT2D eigenvalue weighted by Gasteiger charge is 2.27. The SMILES string of the molecule is CC1CC(C)CN(C(=O)c2cccc3cn[nH]c23)C1. The van der Waals surface area contributed by atoms with E-state index in [9.17, 15) is 4.79 Å². The smallest absolute Gasteiger partial charge is 0.256 e. The highest BCUT2D eigenvalue weighted by molar-refractivity contribution is 6.05. The second-order valence-corrected chi connectivity index (χ2v) is 5.80. The Balaban J connectivity index is 1.93. The Kier molecular flexibility index (Phi) is 3.01. The van der Waals surface area contributed by atoms with E-state index in [4.69, 9.17) is 0 Å². The number of carbonyl (C=O) groups is 1. The minimum Gasteiger partial charge on any atom is -0.338 e. The van der Waals surface area contributed by atoms with Gasteiger partial charge in [-0.1, -0.05) is 26.0 Å². The van der Waals surface area contributed by atoms with Crippen LogP contribution in [0.4, 0.5) is 0 Å². The van der Waals surface area contributed by atoms with Gasteiger partial charge in [0.1, 0.15) is 0 Å². The number of hydrogen-bond acceptors (Lipinski definition) is 2. The molecule has 3 rings (SSSR count).